The van der Waals surface area contributed by atoms with Crippen molar-refractivity contribution in [3.8, 4) is 22.9 Å². The molecule has 1 aromatic heterocycles. The molecule has 4 heteroatoms. The zero-order valence-corrected chi connectivity index (χ0v) is 11.9. The van der Waals surface area contributed by atoms with Gasteiger partial charge in [0.05, 0.1) is 25.5 Å². The molecule has 0 bridgehead atoms. The summed E-state index contributed by atoms with van der Waals surface area (Å²) in [5.41, 5.74) is 1.97. The second-order valence-corrected chi connectivity index (χ2v) is 4.57. The number of methoxy groups -OCH3 is 1. The number of benzene rings is 1. The van der Waals surface area contributed by atoms with Crippen molar-refractivity contribution in [3.05, 3.63) is 30.3 Å². The monoisotopic (exact) mass is 260 g/mol. The first-order valence-electron chi connectivity index (χ1n) is 6.52. The fraction of sp³-hybridized carbons (Fsp3) is 0.400. The van der Waals surface area contributed by atoms with E-state index in [1.165, 1.54) is 0 Å². The van der Waals surface area contributed by atoms with Crippen molar-refractivity contribution in [1.29, 1.82) is 0 Å². The van der Waals surface area contributed by atoms with Gasteiger partial charge in [-0.1, -0.05) is 0 Å². The molecule has 0 saturated carbocycles. The van der Waals surface area contributed by atoms with Gasteiger partial charge in [-0.2, -0.15) is 5.10 Å². The molecule has 4 nitrogen and oxygen atoms in total. The summed E-state index contributed by atoms with van der Waals surface area (Å²) in [7, 11) is 1.66. The van der Waals surface area contributed by atoms with Crippen LogP contribution in [0.2, 0.25) is 0 Å². The molecule has 102 valence electrons. The van der Waals surface area contributed by atoms with E-state index in [1.54, 1.807) is 7.11 Å². The summed E-state index contributed by atoms with van der Waals surface area (Å²) in [5, 5.41) is 4.60. The van der Waals surface area contributed by atoms with Gasteiger partial charge >= 0.3 is 0 Å². The van der Waals surface area contributed by atoms with Crippen LogP contribution in [0.1, 0.15) is 26.8 Å². The molecule has 0 radical (unpaired) electrons. The third-order valence-electron chi connectivity index (χ3n) is 2.87. The fourth-order valence-corrected chi connectivity index (χ4v) is 1.91. The van der Waals surface area contributed by atoms with E-state index in [-0.39, 0.29) is 6.04 Å². The Morgan fingerprint density at radius 2 is 1.89 bits per heavy atom. The van der Waals surface area contributed by atoms with Crippen LogP contribution in [-0.2, 0) is 0 Å². The van der Waals surface area contributed by atoms with Crippen molar-refractivity contribution >= 4 is 0 Å². The third kappa shape index (κ3) is 2.89. The lowest BCUT2D eigenvalue weighted by Gasteiger charge is -2.10. The Morgan fingerprint density at radius 3 is 2.42 bits per heavy atom. The molecule has 0 amide bonds. The molecule has 2 aromatic rings. The first-order valence-corrected chi connectivity index (χ1v) is 6.52. The molecule has 0 aliphatic heterocycles. The number of rotatable bonds is 5. The Labute approximate surface area is 114 Å². The summed E-state index contributed by atoms with van der Waals surface area (Å²) in [5.74, 6) is 1.65. The summed E-state index contributed by atoms with van der Waals surface area (Å²) in [4.78, 5) is 0. The second-order valence-electron chi connectivity index (χ2n) is 4.57. The van der Waals surface area contributed by atoms with E-state index in [1.807, 2.05) is 41.9 Å². The minimum absolute atomic E-state index is 0.272. The van der Waals surface area contributed by atoms with Crippen molar-refractivity contribution in [1.82, 2.24) is 9.78 Å². The highest BCUT2D eigenvalue weighted by atomic mass is 16.5. The molecule has 1 heterocycles. The summed E-state index contributed by atoms with van der Waals surface area (Å²) >= 11 is 0. The highest BCUT2D eigenvalue weighted by molar-refractivity contribution is 5.61. The van der Waals surface area contributed by atoms with Crippen LogP contribution in [0, 0.1) is 0 Å². The van der Waals surface area contributed by atoms with Crippen molar-refractivity contribution in [3.63, 3.8) is 0 Å². The topological polar surface area (TPSA) is 36.3 Å². The van der Waals surface area contributed by atoms with E-state index in [4.69, 9.17) is 9.47 Å². The maximum atomic E-state index is 5.62. The first-order chi connectivity index (χ1) is 9.15. The summed E-state index contributed by atoms with van der Waals surface area (Å²) in [6, 6.07) is 10.1. The Bertz CT molecular complexity index is 530. The Kier molecular flexibility index (Phi) is 4.10. The summed E-state index contributed by atoms with van der Waals surface area (Å²) in [6.07, 6.45) is 0. The standard InChI is InChI=1S/C15H20N2O2/c1-5-19-15-10-14(16-17(15)11(2)3)12-6-8-13(18-4)9-7-12/h6-11H,5H2,1-4H3. The van der Waals surface area contributed by atoms with E-state index >= 15 is 0 Å². The number of hydrogen-bond acceptors (Lipinski definition) is 3. The summed E-state index contributed by atoms with van der Waals surface area (Å²) < 4.78 is 12.7. The van der Waals surface area contributed by atoms with Crippen LogP contribution in [0.3, 0.4) is 0 Å². The smallest absolute Gasteiger partial charge is 0.212 e. The lowest BCUT2D eigenvalue weighted by atomic mass is 10.1. The largest absolute Gasteiger partial charge is 0.497 e. The summed E-state index contributed by atoms with van der Waals surface area (Å²) in [6.45, 7) is 6.80. The van der Waals surface area contributed by atoms with Gasteiger partial charge < -0.3 is 9.47 Å². The maximum Gasteiger partial charge on any atom is 0.212 e. The van der Waals surface area contributed by atoms with Crippen LogP contribution in [0.4, 0.5) is 0 Å². The van der Waals surface area contributed by atoms with E-state index in [0.29, 0.717) is 6.61 Å². The van der Waals surface area contributed by atoms with Gasteiger partial charge in [0.2, 0.25) is 5.88 Å². The predicted molar refractivity (Wildman–Crippen MR) is 75.8 cm³/mol. The number of hydrogen-bond donors (Lipinski definition) is 0. The molecular formula is C15H20N2O2. The number of aromatic nitrogens is 2. The quantitative estimate of drug-likeness (QED) is 0.825. The second kappa shape index (κ2) is 5.78. The van der Waals surface area contributed by atoms with Gasteiger partial charge in [-0.3, -0.25) is 0 Å². The van der Waals surface area contributed by atoms with E-state index in [2.05, 4.69) is 18.9 Å². The van der Waals surface area contributed by atoms with Crippen LogP contribution in [0.15, 0.2) is 30.3 Å². The molecule has 0 spiro atoms. The molecule has 0 saturated heterocycles. The molecule has 0 N–H and O–H groups in total. The predicted octanol–water partition coefficient (Wildman–Crippen LogP) is 3.54. The van der Waals surface area contributed by atoms with Crippen LogP contribution >= 0.6 is 0 Å². The van der Waals surface area contributed by atoms with E-state index in [9.17, 15) is 0 Å². The van der Waals surface area contributed by atoms with Crippen molar-refractivity contribution in [2.45, 2.75) is 26.8 Å². The molecule has 1 aromatic carbocycles. The lowest BCUT2D eigenvalue weighted by molar-refractivity contribution is 0.292. The van der Waals surface area contributed by atoms with Crippen molar-refractivity contribution in [2.75, 3.05) is 13.7 Å². The van der Waals surface area contributed by atoms with Crippen LogP contribution in [-0.4, -0.2) is 23.5 Å². The first kappa shape index (κ1) is 13.5. The van der Waals surface area contributed by atoms with Gasteiger partial charge in [0.15, 0.2) is 0 Å². The lowest BCUT2D eigenvalue weighted by Crippen LogP contribution is -2.06. The highest BCUT2D eigenvalue weighted by Gasteiger charge is 2.12. The highest BCUT2D eigenvalue weighted by Crippen LogP contribution is 2.27. The average molecular weight is 260 g/mol. The van der Waals surface area contributed by atoms with E-state index < -0.39 is 0 Å². The molecule has 19 heavy (non-hydrogen) atoms. The van der Waals surface area contributed by atoms with Gasteiger partial charge in [0, 0.05) is 11.6 Å². The van der Waals surface area contributed by atoms with E-state index in [0.717, 1.165) is 22.9 Å². The SMILES string of the molecule is CCOc1cc(-c2ccc(OC)cc2)nn1C(C)C. The van der Waals surface area contributed by atoms with Gasteiger partial charge in [-0.05, 0) is 45.0 Å². The normalized spacial score (nSPS) is 10.8. The van der Waals surface area contributed by atoms with Gasteiger partial charge in [-0.15, -0.1) is 0 Å². The Hall–Kier alpha value is -1.97. The zero-order valence-electron chi connectivity index (χ0n) is 11.9. The third-order valence-corrected chi connectivity index (χ3v) is 2.87. The molecular weight excluding hydrogens is 240 g/mol. The van der Waals surface area contributed by atoms with Crippen LogP contribution in [0.25, 0.3) is 11.3 Å². The molecule has 0 unspecified atom stereocenters. The molecule has 0 aliphatic rings. The zero-order chi connectivity index (χ0) is 13.8. The Balaban J connectivity index is 2.35. The van der Waals surface area contributed by atoms with Crippen LogP contribution < -0.4 is 9.47 Å². The average Bonchev–Trinajstić information content (AvgIpc) is 2.83. The van der Waals surface area contributed by atoms with Crippen LogP contribution in [0.5, 0.6) is 11.6 Å². The number of ether oxygens (including phenoxy) is 2. The minimum Gasteiger partial charge on any atom is -0.497 e. The Morgan fingerprint density at radius 1 is 1.21 bits per heavy atom. The van der Waals surface area contributed by atoms with Gasteiger partial charge in [0.25, 0.3) is 0 Å². The van der Waals surface area contributed by atoms with Gasteiger partial charge in [-0.25, -0.2) is 4.68 Å². The maximum absolute atomic E-state index is 5.62. The molecule has 2 rings (SSSR count). The molecule has 0 fully saturated rings. The fourth-order valence-electron chi connectivity index (χ4n) is 1.91. The minimum atomic E-state index is 0.272. The van der Waals surface area contributed by atoms with Crippen molar-refractivity contribution < 1.29 is 9.47 Å². The van der Waals surface area contributed by atoms with Crippen molar-refractivity contribution in [2.24, 2.45) is 0 Å². The van der Waals surface area contributed by atoms with Gasteiger partial charge in [0.1, 0.15) is 5.75 Å². The molecule has 0 atom stereocenters. The molecule has 0 aliphatic carbocycles. The number of nitrogens with zero attached hydrogens (tertiary/aromatic N) is 2.